The van der Waals surface area contributed by atoms with Gasteiger partial charge in [0.2, 0.25) is 0 Å². The van der Waals surface area contributed by atoms with Crippen LogP contribution in [0.25, 0.3) is 0 Å². The van der Waals surface area contributed by atoms with Crippen LogP contribution < -0.4 is 5.32 Å². The minimum Gasteiger partial charge on any atom is -0.379 e. The molecule has 1 unspecified atom stereocenters. The van der Waals surface area contributed by atoms with Crippen molar-refractivity contribution in [3.05, 3.63) is 0 Å². The number of hydrogen-bond acceptors (Lipinski definition) is 4. The summed E-state index contributed by atoms with van der Waals surface area (Å²) in [5, 5.41) is 3.09. The molecule has 0 bridgehead atoms. The van der Waals surface area contributed by atoms with Crippen LogP contribution in [0, 0.1) is 0 Å². The lowest BCUT2D eigenvalue weighted by molar-refractivity contribution is 0.0759. The molecule has 2 N–H and O–H groups in total. The predicted molar refractivity (Wildman–Crippen MR) is 43.6 cm³/mol. The average Bonchev–Trinajstić information content (AvgIpc) is 2.02. The Labute approximate surface area is 71.9 Å². The molecule has 5 nitrogen and oxygen atoms in total. The number of nitrogens with one attached hydrogen (secondary N) is 1. The van der Waals surface area contributed by atoms with Crippen LogP contribution in [0.5, 0.6) is 0 Å². The molecule has 0 aromatic carbocycles. The van der Waals surface area contributed by atoms with Crippen molar-refractivity contribution < 1.29 is 17.7 Å². The van der Waals surface area contributed by atoms with Crippen LogP contribution in [-0.2, 0) is 14.9 Å². The molecule has 1 atom stereocenters. The molecule has 1 aliphatic rings. The molecule has 0 saturated carbocycles. The largest absolute Gasteiger partial charge is 0.379 e. The Balaban J connectivity index is 2.22. The Morgan fingerprint density at radius 3 is 2.83 bits per heavy atom. The number of ether oxygens (including phenoxy) is 1. The molecule has 0 amide bonds. The highest BCUT2D eigenvalue weighted by molar-refractivity contribution is 7.85. The summed E-state index contributed by atoms with van der Waals surface area (Å²) in [5.41, 5.74) is 0. The van der Waals surface area contributed by atoms with Gasteiger partial charge in [-0.25, -0.2) is 0 Å². The highest BCUT2D eigenvalue weighted by Crippen LogP contribution is 2.00. The van der Waals surface area contributed by atoms with Crippen molar-refractivity contribution >= 4 is 10.1 Å². The summed E-state index contributed by atoms with van der Waals surface area (Å²) in [6.07, 6.45) is 0.402. The molecule has 6 heteroatoms. The molecule has 0 aromatic heterocycles. The highest BCUT2D eigenvalue weighted by atomic mass is 32.2. The third kappa shape index (κ3) is 4.01. The lowest BCUT2D eigenvalue weighted by atomic mass is 10.2. The van der Waals surface area contributed by atoms with Crippen LogP contribution in [-0.4, -0.2) is 44.5 Å². The summed E-state index contributed by atoms with van der Waals surface area (Å²) in [5.74, 6) is -0.200. The van der Waals surface area contributed by atoms with Gasteiger partial charge in [0.05, 0.1) is 19.0 Å². The van der Waals surface area contributed by atoms with Crippen LogP contribution in [0.3, 0.4) is 0 Å². The van der Waals surface area contributed by atoms with E-state index in [4.69, 9.17) is 9.29 Å². The fraction of sp³-hybridized carbons (Fsp3) is 1.00. The standard InChI is InChI=1S/C6H13NO4S/c8-12(9,10)4-1-6-5-11-3-2-7-6/h6-7H,1-5H2,(H,8,9,10). The third-order valence-electron chi connectivity index (χ3n) is 1.72. The maximum Gasteiger partial charge on any atom is 0.264 e. The van der Waals surface area contributed by atoms with E-state index in [0.29, 0.717) is 19.6 Å². The van der Waals surface area contributed by atoms with Crippen molar-refractivity contribution in [1.82, 2.24) is 5.32 Å². The Kier molecular flexibility index (Phi) is 3.45. The fourth-order valence-corrected chi connectivity index (χ4v) is 1.68. The van der Waals surface area contributed by atoms with Crippen molar-refractivity contribution in [3.63, 3.8) is 0 Å². The van der Waals surface area contributed by atoms with E-state index < -0.39 is 10.1 Å². The van der Waals surface area contributed by atoms with Crippen molar-refractivity contribution in [2.24, 2.45) is 0 Å². The minimum absolute atomic E-state index is 0.0562. The van der Waals surface area contributed by atoms with Crippen LogP contribution >= 0.6 is 0 Å². The van der Waals surface area contributed by atoms with E-state index in [0.717, 1.165) is 6.54 Å². The monoisotopic (exact) mass is 195 g/mol. The van der Waals surface area contributed by atoms with Crippen LogP contribution in [0.15, 0.2) is 0 Å². The molecule has 1 aliphatic heterocycles. The van der Waals surface area contributed by atoms with Crippen LogP contribution in [0.1, 0.15) is 6.42 Å². The quantitative estimate of drug-likeness (QED) is 0.580. The van der Waals surface area contributed by atoms with Crippen molar-refractivity contribution in [3.8, 4) is 0 Å². The minimum atomic E-state index is -3.82. The van der Waals surface area contributed by atoms with E-state index in [-0.39, 0.29) is 11.8 Å². The summed E-state index contributed by atoms with van der Waals surface area (Å²) in [6.45, 7) is 1.94. The van der Waals surface area contributed by atoms with Gasteiger partial charge < -0.3 is 10.1 Å². The molecule has 1 heterocycles. The van der Waals surface area contributed by atoms with Gasteiger partial charge in [0.15, 0.2) is 0 Å². The second-order valence-electron chi connectivity index (χ2n) is 2.80. The Morgan fingerprint density at radius 1 is 1.58 bits per heavy atom. The zero-order valence-corrected chi connectivity index (χ0v) is 7.51. The molecule has 1 fully saturated rings. The van der Waals surface area contributed by atoms with Gasteiger partial charge >= 0.3 is 0 Å². The van der Waals surface area contributed by atoms with E-state index in [1.54, 1.807) is 0 Å². The Bertz CT molecular complexity index is 220. The molecule has 12 heavy (non-hydrogen) atoms. The lowest BCUT2D eigenvalue weighted by Crippen LogP contribution is -2.42. The second-order valence-corrected chi connectivity index (χ2v) is 4.37. The Morgan fingerprint density at radius 2 is 2.33 bits per heavy atom. The van der Waals surface area contributed by atoms with Gasteiger partial charge in [-0.15, -0.1) is 0 Å². The zero-order chi connectivity index (χ0) is 9.03. The molecular weight excluding hydrogens is 182 g/mol. The smallest absolute Gasteiger partial charge is 0.264 e. The number of morpholine rings is 1. The molecule has 0 aliphatic carbocycles. The van der Waals surface area contributed by atoms with Gasteiger partial charge in [-0.2, -0.15) is 8.42 Å². The van der Waals surface area contributed by atoms with E-state index in [2.05, 4.69) is 5.32 Å². The SMILES string of the molecule is O=S(=O)(O)CCC1COCCN1. The summed E-state index contributed by atoms with van der Waals surface area (Å²) >= 11 is 0. The average molecular weight is 195 g/mol. The number of rotatable bonds is 3. The summed E-state index contributed by atoms with van der Waals surface area (Å²) in [7, 11) is -3.82. The lowest BCUT2D eigenvalue weighted by Gasteiger charge is -2.22. The molecule has 1 rings (SSSR count). The summed E-state index contributed by atoms with van der Waals surface area (Å²) in [6, 6.07) is 0.0562. The normalized spacial score (nSPS) is 25.6. The van der Waals surface area contributed by atoms with Gasteiger partial charge in [0, 0.05) is 12.6 Å². The first-order valence-electron chi connectivity index (χ1n) is 3.84. The third-order valence-corrected chi connectivity index (χ3v) is 2.47. The van der Waals surface area contributed by atoms with Crippen LogP contribution in [0.4, 0.5) is 0 Å². The molecule has 0 aromatic rings. The zero-order valence-electron chi connectivity index (χ0n) is 6.69. The molecule has 72 valence electrons. The van der Waals surface area contributed by atoms with E-state index in [1.807, 2.05) is 0 Å². The molecule has 0 spiro atoms. The molecule has 0 radical (unpaired) electrons. The molecule has 1 saturated heterocycles. The van der Waals surface area contributed by atoms with Crippen molar-refractivity contribution in [1.29, 1.82) is 0 Å². The maximum absolute atomic E-state index is 10.4. The number of hydrogen-bond donors (Lipinski definition) is 2. The Hall–Kier alpha value is -0.170. The van der Waals surface area contributed by atoms with E-state index in [1.165, 1.54) is 0 Å². The van der Waals surface area contributed by atoms with E-state index in [9.17, 15) is 8.42 Å². The first-order chi connectivity index (χ1) is 5.58. The summed E-state index contributed by atoms with van der Waals surface area (Å²) in [4.78, 5) is 0. The fourth-order valence-electron chi connectivity index (χ4n) is 1.10. The maximum atomic E-state index is 10.4. The second kappa shape index (κ2) is 4.18. The van der Waals surface area contributed by atoms with Gasteiger partial charge in [-0.3, -0.25) is 4.55 Å². The van der Waals surface area contributed by atoms with Crippen LogP contribution in [0.2, 0.25) is 0 Å². The van der Waals surface area contributed by atoms with E-state index >= 15 is 0 Å². The first-order valence-corrected chi connectivity index (χ1v) is 5.45. The van der Waals surface area contributed by atoms with Gasteiger partial charge in [-0.05, 0) is 6.42 Å². The predicted octanol–water partition coefficient (Wildman–Crippen LogP) is -0.747. The van der Waals surface area contributed by atoms with Gasteiger partial charge in [0.1, 0.15) is 0 Å². The first kappa shape index (κ1) is 9.91. The van der Waals surface area contributed by atoms with Gasteiger partial charge in [-0.1, -0.05) is 0 Å². The van der Waals surface area contributed by atoms with Crippen molar-refractivity contribution in [2.75, 3.05) is 25.5 Å². The molecular formula is C6H13NO4S. The van der Waals surface area contributed by atoms with Crippen molar-refractivity contribution in [2.45, 2.75) is 12.5 Å². The van der Waals surface area contributed by atoms with Gasteiger partial charge in [0.25, 0.3) is 10.1 Å². The highest BCUT2D eigenvalue weighted by Gasteiger charge is 2.15. The summed E-state index contributed by atoms with van der Waals surface area (Å²) < 4.78 is 34.3. The topological polar surface area (TPSA) is 75.6 Å².